The molecule has 8 nitrogen and oxygen atoms in total. The minimum atomic E-state index is -4.19. The standard InChI is InChI=1S/C20H21N3O5S/c1-12-10-15(20(25)26)11-17(13(12)2)29(27,28)21-18-14(3)22(4)23(19(18)24)16-8-6-5-7-9-16/h5-11,21H,1-4H3,(H,25,26). The van der Waals surface area contributed by atoms with Crippen molar-refractivity contribution in [2.75, 3.05) is 4.72 Å². The van der Waals surface area contributed by atoms with Gasteiger partial charge in [-0.1, -0.05) is 18.2 Å². The van der Waals surface area contributed by atoms with Gasteiger partial charge in [0.15, 0.2) is 0 Å². The van der Waals surface area contributed by atoms with Crippen molar-refractivity contribution in [3.63, 3.8) is 0 Å². The van der Waals surface area contributed by atoms with Gasteiger partial charge in [-0.3, -0.25) is 14.2 Å². The predicted octanol–water partition coefficient (Wildman–Crippen LogP) is 2.60. The number of carbonyl (C=O) groups is 1. The first-order valence-electron chi connectivity index (χ1n) is 8.76. The number of hydrogen-bond donors (Lipinski definition) is 2. The van der Waals surface area contributed by atoms with Gasteiger partial charge in [0.25, 0.3) is 15.6 Å². The van der Waals surface area contributed by atoms with Crippen LogP contribution in [0.25, 0.3) is 5.69 Å². The van der Waals surface area contributed by atoms with Crippen LogP contribution in [0.2, 0.25) is 0 Å². The van der Waals surface area contributed by atoms with Gasteiger partial charge in [-0.15, -0.1) is 0 Å². The Labute approximate surface area is 168 Å². The monoisotopic (exact) mass is 415 g/mol. The molecule has 0 amide bonds. The molecule has 0 fully saturated rings. The first-order chi connectivity index (χ1) is 13.5. The van der Waals surface area contributed by atoms with Gasteiger partial charge in [-0.25, -0.2) is 17.9 Å². The van der Waals surface area contributed by atoms with Gasteiger partial charge in [0.2, 0.25) is 0 Å². The molecule has 9 heteroatoms. The Balaban J connectivity index is 2.14. The van der Waals surface area contributed by atoms with Crippen LogP contribution in [0.5, 0.6) is 0 Å². The number of sulfonamides is 1. The van der Waals surface area contributed by atoms with E-state index in [2.05, 4.69) is 4.72 Å². The van der Waals surface area contributed by atoms with Crippen LogP contribution in [0.4, 0.5) is 5.69 Å². The summed E-state index contributed by atoms with van der Waals surface area (Å²) in [6.07, 6.45) is 0. The van der Waals surface area contributed by atoms with Gasteiger partial charge in [0.1, 0.15) is 5.69 Å². The Morgan fingerprint density at radius 2 is 1.69 bits per heavy atom. The molecule has 3 rings (SSSR count). The van der Waals surface area contributed by atoms with E-state index in [1.165, 1.54) is 10.7 Å². The highest BCUT2D eigenvalue weighted by atomic mass is 32.2. The smallest absolute Gasteiger partial charge is 0.335 e. The van der Waals surface area contributed by atoms with E-state index in [4.69, 9.17) is 0 Å². The van der Waals surface area contributed by atoms with Gasteiger partial charge in [0.05, 0.1) is 21.8 Å². The molecule has 0 aliphatic heterocycles. The maximum atomic E-state index is 13.0. The number of hydrogen-bond acceptors (Lipinski definition) is 4. The van der Waals surface area contributed by atoms with Crippen LogP contribution in [0.15, 0.2) is 52.2 Å². The van der Waals surface area contributed by atoms with Crippen LogP contribution in [0, 0.1) is 20.8 Å². The van der Waals surface area contributed by atoms with Crippen molar-refractivity contribution in [2.24, 2.45) is 7.05 Å². The molecule has 0 aliphatic carbocycles. The topological polar surface area (TPSA) is 110 Å². The summed E-state index contributed by atoms with van der Waals surface area (Å²) >= 11 is 0. The van der Waals surface area contributed by atoms with Gasteiger partial charge in [-0.05, 0) is 56.2 Å². The van der Waals surface area contributed by atoms with E-state index in [1.807, 2.05) is 6.07 Å². The zero-order chi connectivity index (χ0) is 21.5. The SMILES string of the molecule is Cc1cc(C(=O)O)cc(S(=O)(=O)Nc2c(C)n(C)n(-c3ccccc3)c2=O)c1C. The fourth-order valence-corrected chi connectivity index (χ4v) is 4.56. The molecule has 1 aromatic heterocycles. The first kappa shape index (κ1) is 20.4. The van der Waals surface area contributed by atoms with Crippen LogP contribution in [0.3, 0.4) is 0 Å². The Morgan fingerprint density at radius 3 is 2.28 bits per heavy atom. The van der Waals surface area contributed by atoms with Crippen molar-refractivity contribution in [1.29, 1.82) is 0 Å². The highest BCUT2D eigenvalue weighted by Crippen LogP contribution is 2.24. The molecular formula is C20H21N3O5S. The lowest BCUT2D eigenvalue weighted by Crippen LogP contribution is -2.23. The summed E-state index contributed by atoms with van der Waals surface area (Å²) in [4.78, 5) is 24.1. The molecule has 29 heavy (non-hydrogen) atoms. The van der Waals surface area contributed by atoms with E-state index >= 15 is 0 Å². The van der Waals surface area contributed by atoms with Crippen molar-refractivity contribution in [3.05, 3.63) is 75.2 Å². The highest BCUT2D eigenvalue weighted by Gasteiger charge is 2.25. The van der Waals surface area contributed by atoms with Crippen LogP contribution >= 0.6 is 0 Å². The summed E-state index contributed by atoms with van der Waals surface area (Å²) in [6, 6.07) is 11.4. The van der Waals surface area contributed by atoms with E-state index in [0.717, 1.165) is 6.07 Å². The number of rotatable bonds is 5. The second-order valence-corrected chi connectivity index (χ2v) is 8.41. The van der Waals surface area contributed by atoms with E-state index in [0.29, 0.717) is 22.5 Å². The second kappa shape index (κ2) is 7.25. The Hall–Kier alpha value is -3.33. The Bertz CT molecular complexity index is 1270. The maximum absolute atomic E-state index is 13.0. The second-order valence-electron chi connectivity index (χ2n) is 6.76. The van der Waals surface area contributed by atoms with Crippen LogP contribution < -0.4 is 10.3 Å². The molecule has 1 heterocycles. The number of aromatic carboxylic acids is 1. The van der Waals surface area contributed by atoms with Crippen LogP contribution in [-0.4, -0.2) is 28.9 Å². The molecule has 2 N–H and O–H groups in total. The molecule has 152 valence electrons. The average molecular weight is 415 g/mol. The molecule has 0 spiro atoms. The van der Waals surface area contributed by atoms with Crippen molar-refractivity contribution in [3.8, 4) is 5.69 Å². The summed E-state index contributed by atoms with van der Waals surface area (Å²) < 4.78 is 31.4. The quantitative estimate of drug-likeness (QED) is 0.666. The molecule has 3 aromatic rings. The van der Waals surface area contributed by atoms with Gasteiger partial charge < -0.3 is 5.11 Å². The summed E-state index contributed by atoms with van der Waals surface area (Å²) in [7, 11) is -2.54. The minimum Gasteiger partial charge on any atom is -0.478 e. The summed E-state index contributed by atoms with van der Waals surface area (Å²) in [5, 5.41) is 9.26. The predicted molar refractivity (Wildman–Crippen MR) is 109 cm³/mol. The van der Waals surface area contributed by atoms with Crippen molar-refractivity contribution in [2.45, 2.75) is 25.7 Å². The molecule has 0 aliphatic rings. The molecule has 2 aromatic carbocycles. The van der Waals surface area contributed by atoms with E-state index in [9.17, 15) is 23.1 Å². The maximum Gasteiger partial charge on any atom is 0.335 e. The van der Waals surface area contributed by atoms with E-state index < -0.39 is 21.6 Å². The summed E-state index contributed by atoms with van der Waals surface area (Å²) in [6.45, 7) is 4.86. The molecular weight excluding hydrogens is 394 g/mol. The van der Waals surface area contributed by atoms with Crippen LogP contribution in [0.1, 0.15) is 27.2 Å². The molecule has 0 atom stereocenters. The number of aryl methyl sites for hydroxylation is 1. The normalized spacial score (nSPS) is 11.4. The molecule has 0 bridgehead atoms. The zero-order valence-corrected chi connectivity index (χ0v) is 17.2. The lowest BCUT2D eigenvalue weighted by Gasteiger charge is -2.12. The van der Waals surface area contributed by atoms with Crippen molar-refractivity contribution < 1.29 is 18.3 Å². The third-order valence-electron chi connectivity index (χ3n) is 4.95. The van der Waals surface area contributed by atoms with Crippen molar-refractivity contribution in [1.82, 2.24) is 9.36 Å². The van der Waals surface area contributed by atoms with Crippen molar-refractivity contribution >= 4 is 21.7 Å². The van der Waals surface area contributed by atoms with Gasteiger partial charge >= 0.3 is 5.97 Å². The number of nitrogens with zero attached hydrogens (tertiary/aromatic N) is 2. The average Bonchev–Trinajstić information content (AvgIpc) is 2.87. The van der Waals surface area contributed by atoms with Gasteiger partial charge in [-0.2, -0.15) is 0 Å². The Morgan fingerprint density at radius 1 is 1.07 bits per heavy atom. The number of carboxylic acid groups (broad SMARTS) is 1. The minimum absolute atomic E-state index is 0.0888. The van der Waals surface area contributed by atoms with E-state index in [1.54, 1.807) is 56.8 Å². The number of anilines is 1. The molecule has 0 unspecified atom stereocenters. The first-order valence-corrected chi connectivity index (χ1v) is 10.2. The molecule has 0 radical (unpaired) electrons. The number of benzene rings is 2. The molecule has 0 saturated carbocycles. The highest BCUT2D eigenvalue weighted by molar-refractivity contribution is 7.92. The fourth-order valence-electron chi connectivity index (χ4n) is 3.10. The Kier molecular flexibility index (Phi) is 5.10. The number of carboxylic acids is 1. The fraction of sp³-hybridized carbons (Fsp3) is 0.200. The number of para-hydroxylation sites is 1. The lowest BCUT2D eigenvalue weighted by atomic mass is 10.1. The third kappa shape index (κ3) is 3.56. The van der Waals surface area contributed by atoms with E-state index in [-0.39, 0.29) is 16.1 Å². The third-order valence-corrected chi connectivity index (χ3v) is 6.42. The number of nitrogens with one attached hydrogen (secondary N) is 1. The summed E-state index contributed by atoms with van der Waals surface area (Å²) in [5.41, 5.74) is 1.20. The van der Waals surface area contributed by atoms with Gasteiger partial charge in [0, 0.05) is 7.05 Å². The largest absolute Gasteiger partial charge is 0.478 e. The molecule has 0 saturated heterocycles. The summed E-state index contributed by atoms with van der Waals surface area (Å²) in [5.74, 6) is -1.23. The van der Waals surface area contributed by atoms with Crippen LogP contribution in [-0.2, 0) is 17.1 Å². The zero-order valence-electron chi connectivity index (χ0n) is 16.4. The number of aromatic nitrogens is 2. The lowest BCUT2D eigenvalue weighted by molar-refractivity contribution is 0.0696.